The van der Waals surface area contributed by atoms with Gasteiger partial charge in [0.15, 0.2) is 11.5 Å². The first-order valence-corrected chi connectivity index (χ1v) is 6.10. The fraction of sp³-hybridized carbons (Fsp3) is 0.385. The molecule has 5 nitrogen and oxygen atoms in total. The zero-order valence-electron chi connectivity index (χ0n) is 10.1. The third kappa shape index (κ3) is 2.09. The number of carbonyl (C=O) groups excluding carboxylic acids is 1. The van der Waals surface area contributed by atoms with Gasteiger partial charge in [0.2, 0.25) is 5.91 Å². The Balaban J connectivity index is 1.88. The molecule has 0 bridgehead atoms. The molecule has 0 aliphatic heterocycles. The number of anilines is 1. The number of amides is 1. The quantitative estimate of drug-likeness (QED) is 0.866. The van der Waals surface area contributed by atoms with Crippen LogP contribution in [0.3, 0.4) is 0 Å². The Labute approximate surface area is 104 Å². The molecule has 0 spiro atoms. The fourth-order valence-corrected chi connectivity index (χ4v) is 1.78. The van der Waals surface area contributed by atoms with E-state index in [1.807, 2.05) is 12.1 Å². The fourth-order valence-electron chi connectivity index (χ4n) is 1.78. The molecule has 1 fully saturated rings. The van der Waals surface area contributed by atoms with Gasteiger partial charge in [0.1, 0.15) is 5.52 Å². The van der Waals surface area contributed by atoms with Gasteiger partial charge in [-0.15, -0.1) is 0 Å². The van der Waals surface area contributed by atoms with Crippen molar-refractivity contribution in [2.75, 3.05) is 5.32 Å². The highest BCUT2D eigenvalue weighted by atomic mass is 16.3. The average molecular weight is 245 g/mol. The number of nitrogens with one attached hydrogen (secondary N) is 1. The Bertz CT molecular complexity index is 599. The van der Waals surface area contributed by atoms with E-state index in [0.29, 0.717) is 17.2 Å². The van der Waals surface area contributed by atoms with Crippen LogP contribution in [0.4, 0.5) is 5.69 Å². The minimum absolute atomic E-state index is 0.212. The zero-order chi connectivity index (χ0) is 12.7. The number of hydrogen-bond donors (Lipinski definition) is 2. The molecular formula is C13H15N3O2. The van der Waals surface area contributed by atoms with Crippen molar-refractivity contribution in [1.29, 1.82) is 0 Å². The largest absolute Gasteiger partial charge is 0.440 e. The van der Waals surface area contributed by atoms with Gasteiger partial charge >= 0.3 is 0 Å². The van der Waals surface area contributed by atoms with Crippen molar-refractivity contribution in [3.63, 3.8) is 0 Å². The maximum absolute atomic E-state index is 11.5. The van der Waals surface area contributed by atoms with Crippen LogP contribution in [0, 0.1) is 0 Å². The van der Waals surface area contributed by atoms with Crippen LogP contribution in [0.25, 0.3) is 11.1 Å². The van der Waals surface area contributed by atoms with Crippen molar-refractivity contribution in [3.05, 3.63) is 24.1 Å². The second kappa shape index (κ2) is 4.10. The van der Waals surface area contributed by atoms with Crippen LogP contribution in [0.2, 0.25) is 0 Å². The van der Waals surface area contributed by atoms with E-state index in [2.05, 4.69) is 10.3 Å². The predicted octanol–water partition coefficient (Wildman–Crippen LogP) is 1.99. The number of fused-ring (bicyclic) bond motifs is 1. The molecule has 0 saturated heterocycles. The average Bonchev–Trinajstić information content (AvgIpc) is 3.09. The lowest BCUT2D eigenvalue weighted by atomic mass is 10.2. The van der Waals surface area contributed by atoms with E-state index >= 15 is 0 Å². The summed E-state index contributed by atoms with van der Waals surface area (Å²) in [5, 5.41) is 2.74. The number of oxazole rings is 1. The van der Waals surface area contributed by atoms with Crippen LogP contribution in [-0.2, 0) is 4.79 Å². The van der Waals surface area contributed by atoms with E-state index in [4.69, 9.17) is 10.2 Å². The van der Waals surface area contributed by atoms with Gasteiger partial charge in [-0.05, 0) is 31.9 Å². The number of carbonyl (C=O) groups is 1. The highest BCUT2D eigenvalue weighted by Gasteiger charge is 2.28. The Morgan fingerprint density at radius 2 is 2.33 bits per heavy atom. The van der Waals surface area contributed by atoms with Crippen LogP contribution in [-0.4, -0.2) is 16.9 Å². The first kappa shape index (κ1) is 11.2. The normalized spacial score (nSPS) is 16.8. The van der Waals surface area contributed by atoms with Crippen molar-refractivity contribution in [3.8, 4) is 0 Å². The van der Waals surface area contributed by atoms with Crippen molar-refractivity contribution >= 4 is 22.7 Å². The molecule has 94 valence electrons. The molecular weight excluding hydrogens is 230 g/mol. The molecule has 1 atom stereocenters. The SMILES string of the molecule is C[C@H](N)C(=O)Nc1ccc2nc(C3CC3)oc2c1. The second-order valence-corrected chi connectivity index (χ2v) is 4.79. The highest BCUT2D eigenvalue weighted by Crippen LogP contribution is 2.40. The molecule has 1 heterocycles. The second-order valence-electron chi connectivity index (χ2n) is 4.79. The number of benzene rings is 1. The molecule has 1 saturated carbocycles. The number of aromatic nitrogens is 1. The topological polar surface area (TPSA) is 81.2 Å². The summed E-state index contributed by atoms with van der Waals surface area (Å²) >= 11 is 0. The summed E-state index contributed by atoms with van der Waals surface area (Å²) in [6, 6.07) is 4.91. The van der Waals surface area contributed by atoms with Gasteiger partial charge < -0.3 is 15.5 Å². The molecule has 1 aliphatic rings. The van der Waals surface area contributed by atoms with Crippen LogP contribution in [0.15, 0.2) is 22.6 Å². The van der Waals surface area contributed by atoms with Crippen molar-refractivity contribution in [2.45, 2.75) is 31.7 Å². The molecule has 1 aromatic heterocycles. The predicted molar refractivity (Wildman–Crippen MR) is 68.3 cm³/mol. The molecule has 1 aromatic carbocycles. The van der Waals surface area contributed by atoms with Gasteiger partial charge in [-0.25, -0.2) is 4.98 Å². The van der Waals surface area contributed by atoms with Gasteiger partial charge in [0, 0.05) is 17.7 Å². The van der Waals surface area contributed by atoms with Crippen LogP contribution >= 0.6 is 0 Å². The lowest BCUT2D eigenvalue weighted by molar-refractivity contribution is -0.117. The zero-order valence-corrected chi connectivity index (χ0v) is 10.1. The van der Waals surface area contributed by atoms with E-state index in [0.717, 1.165) is 24.2 Å². The Hall–Kier alpha value is -1.88. The number of rotatable bonds is 3. The highest BCUT2D eigenvalue weighted by molar-refractivity contribution is 5.95. The Morgan fingerprint density at radius 3 is 3.00 bits per heavy atom. The lowest BCUT2D eigenvalue weighted by Crippen LogP contribution is -2.32. The van der Waals surface area contributed by atoms with Gasteiger partial charge in [-0.1, -0.05) is 0 Å². The minimum Gasteiger partial charge on any atom is -0.440 e. The van der Waals surface area contributed by atoms with Crippen LogP contribution < -0.4 is 11.1 Å². The van der Waals surface area contributed by atoms with Gasteiger partial charge in [0.25, 0.3) is 0 Å². The molecule has 2 aromatic rings. The van der Waals surface area contributed by atoms with Crippen LogP contribution in [0.1, 0.15) is 31.6 Å². The molecule has 3 rings (SSSR count). The number of nitrogens with two attached hydrogens (primary N) is 1. The Morgan fingerprint density at radius 1 is 1.56 bits per heavy atom. The van der Waals surface area contributed by atoms with E-state index in [1.54, 1.807) is 13.0 Å². The minimum atomic E-state index is -0.530. The van der Waals surface area contributed by atoms with E-state index in [9.17, 15) is 4.79 Å². The molecule has 0 radical (unpaired) electrons. The summed E-state index contributed by atoms with van der Waals surface area (Å²) in [4.78, 5) is 15.9. The van der Waals surface area contributed by atoms with Crippen molar-refractivity contribution in [2.24, 2.45) is 5.73 Å². The first-order chi connectivity index (χ1) is 8.63. The van der Waals surface area contributed by atoms with Crippen LogP contribution in [0.5, 0.6) is 0 Å². The summed E-state index contributed by atoms with van der Waals surface area (Å²) < 4.78 is 5.68. The van der Waals surface area contributed by atoms with Gasteiger partial charge in [-0.2, -0.15) is 0 Å². The van der Waals surface area contributed by atoms with Crippen molar-refractivity contribution < 1.29 is 9.21 Å². The smallest absolute Gasteiger partial charge is 0.241 e. The summed E-state index contributed by atoms with van der Waals surface area (Å²) in [7, 11) is 0. The third-order valence-corrected chi connectivity index (χ3v) is 3.01. The van der Waals surface area contributed by atoms with E-state index in [-0.39, 0.29) is 5.91 Å². The third-order valence-electron chi connectivity index (χ3n) is 3.01. The summed E-state index contributed by atoms with van der Waals surface area (Å²) in [5.41, 5.74) is 7.72. The maximum atomic E-state index is 11.5. The lowest BCUT2D eigenvalue weighted by Gasteiger charge is -2.06. The maximum Gasteiger partial charge on any atom is 0.241 e. The Kier molecular flexibility index (Phi) is 2.56. The monoisotopic (exact) mass is 245 g/mol. The molecule has 18 heavy (non-hydrogen) atoms. The summed E-state index contributed by atoms with van der Waals surface area (Å²) in [6.45, 7) is 1.65. The van der Waals surface area contributed by atoms with Gasteiger partial charge in [-0.3, -0.25) is 4.79 Å². The van der Waals surface area contributed by atoms with Crippen molar-refractivity contribution in [1.82, 2.24) is 4.98 Å². The van der Waals surface area contributed by atoms with E-state index < -0.39 is 6.04 Å². The van der Waals surface area contributed by atoms with Gasteiger partial charge in [0.05, 0.1) is 6.04 Å². The first-order valence-electron chi connectivity index (χ1n) is 6.10. The molecule has 5 heteroatoms. The van der Waals surface area contributed by atoms with E-state index in [1.165, 1.54) is 0 Å². The summed E-state index contributed by atoms with van der Waals surface area (Å²) in [5.74, 6) is 1.08. The summed E-state index contributed by atoms with van der Waals surface area (Å²) in [6.07, 6.45) is 2.31. The molecule has 1 amide bonds. The number of nitrogens with zero attached hydrogens (tertiary/aromatic N) is 1. The standard InChI is InChI=1S/C13H15N3O2/c1-7(14)12(17)15-9-4-5-10-11(6-9)18-13(16-10)8-2-3-8/h4-8H,2-3,14H2,1H3,(H,15,17)/t7-/m0/s1. The molecule has 0 unspecified atom stereocenters. The molecule has 3 N–H and O–H groups in total. The molecule has 1 aliphatic carbocycles. The number of hydrogen-bond acceptors (Lipinski definition) is 4.